The van der Waals surface area contributed by atoms with E-state index >= 15 is 0 Å². The third-order valence-electron chi connectivity index (χ3n) is 3.70. The number of halogens is 1. The molecule has 0 aliphatic heterocycles. The maximum atomic E-state index is 12.5. The number of rotatable bonds is 5. The van der Waals surface area contributed by atoms with E-state index < -0.39 is 4.92 Å². The first-order valence-electron chi connectivity index (χ1n) is 6.84. The van der Waals surface area contributed by atoms with Crippen LogP contribution in [0.4, 0.5) is 5.82 Å². The number of aromatic amines is 1. The largest absolute Gasteiger partial charge is 0.358 e. The van der Waals surface area contributed by atoms with Gasteiger partial charge in [0.15, 0.2) is 5.69 Å². The molecule has 1 aromatic heterocycles. The fraction of sp³-hybridized carbons (Fsp3) is 0.615. The summed E-state index contributed by atoms with van der Waals surface area (Å²) in [4.78, 5) is 26.9. The van der Waals surface area contributed by atoms with Crippen molar-refractivity contribution in [3.63, 3.8) is 0 Å². The molecule has 1 saturated carbocycles. The zero-order valence-corrected chi connectivity index (χ0v) is 11.9. The Bertz CT molecular complexity index is 483. The van der Waals surface area contributed by atoms with Crippen molar-refractivity contribution in [2.24, 2.45) is 0 Å². The highest BCUT2D eigenvalue weighted by molar-refractivity contribution is 6.18. The van der Waals surface area contributed by atoms with Crippen LogP contribution in [0.15, 0.2) is 12.1 Å². The molecule has 1 aromatic rings. The van der Waals surface area contributed by atoms with Gasteiger partial charge in [0.05, 0.1) is 0 Å². The summed E-state index contributed by atoms with van der Waals surface area (Å²) >= 11 is 5.79. The van der Waals surface area contributed by atoms with Crippen LogP contribution in [0.3, 0.4) is 0 Å². The third kappa shape index (κ3) is 3.30. The van der Waals surface area contributed by atoms with Crippen LogP contribution in [-0.2, 0) is 0 Å². The van der Waals surface area contributed by atoms with Gasteiger partial charge < -0.3 is 15.0 Å². The second kappa shape index (κ2) is 6.74. The van der Waals surface area contributed by atoms with Crippen molar-refractivity contribution in [2.45, 2.75) is 38.1 Å². The van der Waals surface area contributed by atoms with Crippen molar-refractivity contribution in [3.05, 3.63) is 27.9 Å². The number of alkyl halides is 1. The molecule has 1 fully saturated rings. The van der Waals surface area contributed by atoms with Crippen LogP contribution in [-0.4, -0.2) is 39.2 Å². The Kier molecular flexibility index (Phi) is 5.00. The summed E-state index contributed by atoms with van der Waals surface area (Å²) in [6.07, 6.45) is 5.38. The van der Waals surface area contributed by atoms with E-state index in [4.69, 9.17) is 11.6 Å². The molecule has 6 nitrogen and oxygen atoms in total. The number of carbonyl (C=O) groups is 1. The summed E-state index contributed by atoms with van der Waals surface area (Å²) in [6, 6.07) is 2.97. The fourth-order valence-electron chi connectivity index (χ4n) is 2.70. The first kappa shape index (κ1) is 14.8. The van der Waals surface area contributed by atoms with Gasteiger partial charge in [0.2, 0.25) is 0 Å². The smallest absolute Gasteiger partial charge is 0.321 e. The summed E-state index contributed by atoms with van der Waals surface area (Å²) in [6.45, 7) is 0.470. The normalized spacial score (nSPS) is 16.1. The SMILES string of the molecule is O=C(c1ccc([N+](=O)[O-])[nH]1)N(CCCl)C1CCCCC1. The number of aromatic nitrogens is 1. The number of nitro groups is 1. The van der Waals surface area contributed by atoms with E-state index in [9.17, 15) is 14.9 Å². The Morgan fingerprint density at radius 2 is 2.10 bits per heavy atom. The lowest BCUT2D eigenvalue weighted by molar-refractivity contribution is -0.389. The van der Waals surface area contributed by atoms with Crippen LogP contribution < -0.4 is 0 Å². The van der Waals surface area contributed by atoms with Gasteiger partial charge in [-0.15, -0.1) is 11.6 Å². The van der Waals surface area contributed by atoms with E-state index in [1.54, 1.807) is 4.90 Å². The lowest BCUT2D eigenvalue weighted by Crippen LogP contribution is -2.42. The summed E-state index contributed by atoms with van der Waals surface area (Å²) in [7, 11) is 0. The molecule has 0 bridgehead atoms. The molecule has 110 valence electrons. The van der Waals surface area contributed by atoms with Gasteiger partial charge in [-0.1, -0.05) is 19.3 Å². The fourth-order valence-corrected chi connectivity index (χ4v) is 2.89. The molecular weight excluding hydrogens is 282 g/mol. The molecule has 0 unspecified atom stereocenters. The van der Waals surface area contributed by atoms with Crippen LogP contribution in [0.5, 0.6) is 0 Å². The number of nitrogens with zero attached hydrogens (tertiary/aromatic N) is 2. The highest BCUT2D eigenvalue weighted by Gasteiger charge is 2.28. The maximum absolute atomic E-state index is 12.5. The van der Waals surface area contributed by atoms with E-state index in [1.807, 2.05) is 0 Å². The van der Waals surface area contributed by atoms with E-state index in [2.05, 4.69) is 4.98 Å². The van der Waals surface area contributed by atoms with Gasteiger partial charge >= 0.3 is 5.82 Å². The van der Waals surface area contributed by atoms with Crippen molar-refractivity contribution >= 4 is 23.3 Å². The van der Waals surface area contributed by atoms with Gasteiger partial charge in [0.25, 0.3) is 5.91 Å². The predicted molar refractivity (Wildman–Crippen MR) is 76.1 cm³/mol. The van der Waals surface area contributed by atoms with Crippen molar-refractivity contribution in [1.29, 1.82) is 0 Å². The topological polar surface area (TPSA) is 79.2 Å². The van der Waals surface area contributed by atoms with Crippen LogP contribution in [0.25, 0.3) is 0 Å². The van der Waals surface area contributed by atoms with Gasteiger partial charge in [-0.05, 0) is 23.8 Å². The molecule has 7 heteroatoms. The number of amides is 1. The summed E-state index contributed by atoms with van der Waals surface area (Å²) in [5.74, 6) is -0.00105. The van der Waals surface area contributed by atoms with Crippen LogP contribution in [0.2, 0.25) is 0 Å². The Morgan fingerprint density at radius 1 is 1.40 bits per heavy atom. The maximum Gasteiger partial charge on any atom is 0.321 e. The first-order valence-corrected chi connectivity index (χ1v) is 7.37. The lowest BCUT2D eigenvalue weighted by atomic mass is 9.94. The molecule has 1 aliphatic carbocycles. The summed E-state index contributed by atoms with van der Waals surface area (Å²) < 4.78 is 0. The minimum atomic E-state index is -0.538. The molecule has 1 heterocycles. The lowest BCUT2D eigenvalue weighted by Gasteiger charge is -2.33. The minimum Gasteiger partial charge on any atom is -0.358 e. The molecule has 0 radical (unpaired) electrons. The zero-order valence-electron chi connectivity index (χ0n) is 11.2. The number of hydrogen-bond donors (Lipinski definition) is 1. The van der Waals surface area contributed by atoms with Crippen molar-refractivity contribution in [2.75, 3.05) is 12.4 Å². The zero-order chi connectivity index (χ0) is 14.5. The van der Waals surface area contributed by atoms with E-state index in [-0.39, 0.29) is 23.5 Å². The van der Waals surface area contributed by atoms with Crippen molar-refractivity contribution in [1.82, 2.24) is 9.88 Å². The van der Waals surface area contributed by atoms with Gasteiger partial charge in [0.1, 0.15) is 0 Å². The Morgan fingerprint density at radius 3 is 2.65 bits per heavy atom. The molecule has 1 N–H and O–H groups in total. The second-order valence-electron chi connectivity index (χ2n) is 4.99. The summed E-state index contributed by atoms with van der Waals surface area (Å²) in [5, 5.41) is 10.7. The molecule has 0 spiro atoms. The molecule has 1 amide bonds. The highest BCUT2D eigenvalue weighted by atomic mass is 35.5. The van der Waals surface area contributed by atoms with Crippen LogP contribution >= 0.6 is 11.6 Å². The van der Waals surface area contributed by atoms with Gasteiger partial charge in [-0.3, -0.25) is 4.79 Å². The van der Waals surface area contributed by atoms with Crippen LogP contribution in [0, 0.1) is 10.1 Å². The molecule has 20 heavy (non-hydrogen) atoms. The number of nitrogens with one attached hydrogen (secondary N) is 1. The average Bonchev–Trinajstić information content (AvgIpc) is 2.95. The molecule has 2 rings (SSSR count). The highest BCUT2D eigenvalue weighted by Crippen LogP contribution is 2.24. The Labute approximate surface area is 122 Å². The number of carbonyl (C=O) groups excluding carboxylic acids is 1. The number of H-pyrrole nitrogens is 1. The summed E-state index contributed by atoms with van der Waals surface area (Å²) in [5.41, 5.74) is 0.257. The number of hydrogen-bond acceptors (Lipinski definition) is 3. The van der Waals surface area contributed by atoms with Gasteiger partial charge in [-0.25, -0.2) is 4.98 Å². The van der Waals surface area contributed by atoms with E-state index in [0.29, 0.717) is 12.4 Å². The molecule has 0 atom stereocenters. The van der Waals surface area contributed by atoms with E-state index in [1.165, 1.54) is 18.6 Å². The van der Waals surface area contributed by atoms with Crippen molar-refractivity contribution in [3.8, 4) is 0 Å². The van der Waals surface area contributed by atoms with Crippen LogP contribution in [0.1, 0.15) is 42.6 Å². The Balaban J connectivity index is 2.14. The molecule has 1 aliphatic rings. The second-order valence-corrected chi connectivity index (χ2v) is 5.37. The van der Waals surface area contributed by atoms with Gasteiger partial charge in [-0.2, -0.15) is 0 Å². The first-order chi connectivity index (χ1) is 9.63. The predicted octanol–water partition coefficient (Wildman–Crippen LogP) is 2.94. The monoisotopic (exact) mass is 299 g/mol. The van der Waals surface area contributed by atoms with Crippen molar-refractivity contribution < 1.29 is 9.72 Å². The molecule has 0 saturated heterocycles. The Hall–Kier alpha value is -1.56. The third-order valence-corrected chi connectivity index (χ3v) is 3.87. The van der Waals surface area contributed by atoms with Gasteiger partial charge in [0, 0.05) is 24.5 Å². The average molecular weight is 300 g/mol. The minimum absolute atomic E-state index is 0.164. The van der Waals surface area contributed by atoms with E-state index in [0.717, 1.165) is 25.7 Å². The molecular formula is C13H18ClN3O3. The quantitative estimate of drug-likeness (QED) is 0.516. The standard InChI is InChI=1S/C13H18ClN3O3/c14-8-9-16(10-4-2-1-3-5-10)13(18)11-6-7-12(15-11)17(19)20/h6-7,10,15H,1-5,8-9H2. The molecule has 0 aromatic carbocycles.